The second-order valence-corrected chi connectivity index (χ2v) is 7.79. The maximum Gasteiger partial charge on any atom is 0.284 e. The molecule has 0 fully saturated rings. The summed E-state index contributed by atoms with van der Waals surface area (Å²) in [7, 11) is 1.71. The molecular weight excluding hydrogens is 458 g/mol. The number of primary amides is 1. The van der Waals surface area contributed by atoms with E-state index in [1.54, 1.807) is 49.0 Å². The molecule has 4 aromatic rings. The van der Waals surface area contributed by atoms with E-state index in [-0.39, 0.29) is 16.3 Å². The lowest BCUT2D eigenvalue weighted by atomic mass is 10.2. The molecule has 2 aromatic heterocycles. The number of para-hydroxylation sites is 1. The van der Waals surface area contributed by atoms with Gasteiger partial charge in [0.2, 0.25) is 0 Å². The number of ether oxygens (including phenoxy) is 1. The normalized spacial score (nSPS) is 10.7. The van der Waals surface area contributed by atoms with Crippen LogP contribution < -0.4 is 21.3 Å². The number of carbonyl (C=O) groups is 2. The molecule has 4 rings (SSSR count). The zero-order valence-electron chi connectivity index (χ0n) is 18.3. The van der Waals surface area contributed by atoms with Crippen LogP contribution in [0.4, 0.5) is 5.69 Å². The van der Waals surface area contributed by atoms with Crippen LogP contribution in [0.1, 0.15) is 26.5 Å². The van der Waals surface area contributed by atoms with Crippen LogP contribution in [-0.2, 0) is 7.05 Å². The summed E-state index contributed by atoms with van der Waals surface area (Å²) in [4.78, 5) is 41.2. The fraction of sp³-hybridized carbons (Fsp3) is 0.0833. The van der Waals surface area contributed by atoms with Gasteiger partial charge in [-0.25, -0.2) is 4.68 Å². The average molecular weight is 478 g/mol. The Bertz CT molecular complexity index is 1460. The zero-order valence-corrected chi connectivity index (χ0v) is 19.0. The van der Waals surface area contributed by atoms with E-state index in [1.807, 2.05) is 18.2 Å². The maximum atomic E-state index is 13.0. The van der Waals surface area contributed by atoms with E-state index in [9.17, 15) is 14.4 Å². The summed E-state index contributed by atoms with van der Waals surface area (Å²) in [6, 6.07) is 16.6. The molecule has 0 aliphatic carbocycles. The zero-order chi connectivity index (χ0) is 24.4. The number of rotatable bonds is 6. The van der Waals surface area contributed by atoms with Gasteiger partial charge in [0.15, 0.2) is 0 Å². The fourth-order valence-electron chi connectivity index (χ4n) is 3.42. The van der Waals surface area contributed by atoms with Crippen LogP contribution in [-0.4, -0.2) is 26.2 Å². The van der Waals surface area contributed by atoms with Gasteiger partial charge in [-0.05, 0) is 43.3 Å². The van der Waals surface area contributed by atoms with E-state index in [0.717, 1.165) is 0 Å². The van der Waals surface area contributed by atoms with Crippen molar-refractivity contribution in [2.24, 2.45) is 12.8 Å². The van der Waals surface area contributed by atoms with Gasteiger partial charge in [-0.15, -0.1) is 0 Å². The third kappa shape index (κ3) is 4.41. The van der Waals surface area contributed by atoms with Crippen molar-refractivity contribution in [1.29, 1.82) is 0 Å². The molecule has 0 spiro atoms. The van der Waals surface area contributed by atoms with Gasteiger partial charge < -0.3 is 15.8 Å². The van der Waals surface area contributed by atoms with Crippen LogP contribution in [0.2, 0.25) is 5.02 Å². The molecule has 0 atom stereocenters. The van der Waals surface area contributed by atoms with Gasteiger partial charge in [-0.3, -0.25) is 24.0 Å². The predicted molar refractivity (Wildman–Crippen MR) is 128 cm³/mol. The van der Waals surface area contributed by atoms with Crippen molar-refractivity contribution in [2.75, 3.05) is 5.32 Å². The summed E-state index contributed by atoms with van der Waals surface area (Å²) >= 11 is 6.33. The third-order valence-electron chi connectivity index (χ3n) is 5.18. The van der Waals surface area contributed by atoms with Crippen molar-refractivity contribution in [1.82, 2.24) is 14.3 Å². The topological polar surface area (TPSA) is 121 Å². The van der Waals surface area contributed by atoms with Crippen LogP contribution in [0.3, 0.4) is 0 Å². The number of pyridine rings is 1. The molecule has 0 bridgehead atoms. The SMILES string of the molecule is Cc1c(C(=O)Nc2ccc(Oc3ccnc(C(N)=O)c3)c(Cl)c2)c(=O)n(-c2ccccc2)n1C. The lowest BCUT2D eigenvalue weighted by Gasteiger charge is -2.10. The first-order valence-electron chi connectivity index (χ1n) is 10.1. The Morgan fingerprint density at radius 2 is 1.82 bits per heavy atom. The van der Waals surface area contributed by atoms with Crippen LogP contribution in [0, 0.1) is 6.92 Å². The first-order valence-corrected chi connectivity index (χ1v) is 10.5. The summed E-state index contributed by atoms with van der Waals surface area (Å²) in [6.07, 6.45) is 1.39. The number of aromatic nitrogens is 3. The minimum absolute atomic E-state index is 0.0265. The fourth-order valence-corrected chi connectivity index (χ4v) is 3.64. The predicted octanol–water partition coefficient (Wildman–Crippen LogP) is 3.68. The van der Waals surface area contributed by atoms with Crippen molar-refractivity contribution in [3.63, 3.8) is 0 Å². The maximum absolute atomic E-state index is 13.0. The van der Waals surface area contributed by atoms with Gasteiger partial charge in [0.1, 0.15) is 22.8 Å². The Morgan fingerprint density at radius 1 is 1.09 bits per heavy atom. The van der Waals surface area contributed by atoms with Crippen LogP contribution in [0.5, 0.6) is 11.5 Å². The molecule has 9 nitrogen and oxygen atoms in total. The number of benzene rings is 2. The lowest BCUT2D eigenvalue weighted by molar-refractivity contribution is 0.0993. The van der Waals surface area contributed by atoms with E-state index >= 15 is 0 Å². The highest BCUT2D eigenvalue weighted by atomic mass is 35.5. The smallest absolute Gasteiger partial charge is 0.284 e. The number of amides is 2. The number of halogens is 1. The number of hydrogen-bond donors (Lipinski definition) is 2. The highest BCUT2D eigenvalue weighted by Gasteiger charge is 2.22. The Hall–Kier alpha value is -4.37. The van der Waals surface area contributed by atoms with Crippen molar-refractivity contribution in [3.05, 3.63) is 99.2 Å². The van der Waals surface area contributed by atoms with E-state index in [2.05, 4.69) is 10.3 Å². The van der Waals surface area contributed by atoms with Gasteiger partial charge in [0.25, 0.3) is 17.4 Å². The molecule has 0 saturated heterocycles. The van der Waals surface area contributed by atoms with Crippen molar-refractivity contribution in [2.45, 2.75) is 6.92 Å². The van der Waals surface area contributed by atoms with E-state index in [1.165, 1.54) is 23.0 Å². The number of nitrogens with zero attached hydrogens (tertiary/aromatic N) is 3. The molecule has 0 aliphatic heterocycles. The largest absolute Gasteiger partial charge is 0.456 e. The molecule has 0 radical (unpaired) electrons. The lowest BCUT2D eigenvalue weighted by Crippen LogP contribution is -2.25. The third-order valence-corrected chi connectivity index (χ3v) is 5.48. The summed E-state index contributed by atoms with van der Waals surface area (Å²) in [5.41, 5.74) is 6.43. The summed E-state index contributed by atoms with van der Waals surface area (Å²) < 4.78 is 8.77. The minimum atomic E-state index is -0.683. The second kappa shape index (κ2) is 9.24. The molecule has 0 unspecified atom stereocenters. The number of anilines is 1. The molecular formula is C24H20ClN5O4. The first kappa shape index (κ1) is 22.8. The molecule has 2 amide bonds. The number of nitrogens with two attached hydrogens (primary N) is 1. The summed E-state index contributed by atoms with van der Waals surface area (Å²) in [5.74, 6) is -0.623. The van der Waals surface area contributed by atoms with Crippen LogP contribution >= 0.6 is 11.6 Å². The Labute approximate surface area is 199 Å². The van der Waals surface area contributed by atoms with Gasteiger partial charge in [0.05, 0.1) is 16.4 Å². The van der Waals surface area contributed by atoms with E-state index < -0.39 is 17.4 Å². The molecule has 10 heteroatoms. The molecule has 0 aliphatic rings. The summed E-state index contributed by atoms with van der Waals surface area (Å²) in [5, 5.41) is 2.92. The van der Waals surface area contributed by atoms with Crippen molar-refractivity contribution in [3.8, 4) is 17.2 Å². The number of nitrogens with one attached hydrogen (secondary N) is 1. The van der Waals surface area contributed by atoms with Crippen molar-refractivity contribution < 1.29 is 14.3 Å². The highest BCUT2D eigenvalue weighted by Crippen LogP contribution is 2.32. The van der Waals surface area contributed by atoms with Crippen LogP contribution in [0.15, 0.2) is 71.7 Å². The minimum Gasteiger partial charge on any atom is -0.456 e. The van der Waals surface area contributed by atoms with Gasteiger partial charge >= 0.3 is 0 Å². The second-order valence-electron chi connectivity index (χ2n) is 7.38. The van der Waals surface area contributed by atoms with Gasteiger partial charge in [-0.2, -0.15) is 0 Å². The quantitative estimate of drug-likeness (QED) is 0.438. The van der Waals surface area contributed by atoms with Crippen LogP contribution in [0.25, 0.3) is 5.69 Å². The molecule has 2 heterocycles. The molecule has 0 saturated carbocycles. The molecule has 3 N–H and O–H groups in total. The number of hydrogen-bond acceptors (Lipinski definition) is 5. The van der Waals surface area contributed by atoms with Gasteiger partial charge in [-0.1, -0.05) is 29.8 Å². The molecule has 172 valence electrons. The Balaban J connectivity index is 1.57. The standard InChI is InChI=1S/C24H20ClN5O4/c1-14-21(24(33)30(29(14)2)16-6-4-3-5-7-16)23(32)28-15-8-9-20(18(25)12-15)34-17-10-11-27-19(13-17)22(26)31/h3-13H,1-2H3,(H2,26,31)(H,28,32). The summed E-state index contributed by atoms with van der Waals surface area (Å²) in [6.45, 7) is 1.70. The van der Waals surface area contributed by atoms with Gasteiger partial charge in [0, 0.05) is 25.0 Å². The number of carbonyl (C=O) groups excluding carboxylic acids is 2. The van der Waals surface area contributed by atoms with Crippen molar-refractivity contribution >= 4 is 29.1 Å². The first-order chi connectivity index (χ1) is 16.3. The highest BCUT2D eigenvalue weighted by molar-refractivity contribution is 6.32. The Morgan fingerprint density at radius 3 is 2.50 bits per heavy atom. The molecule has 34 heavy (non-hydrogen) atoms. The van der Waals surface area contributed by atoms with E-state index in [0.29, 0.717) is 28.6 Å². The van der Waals surface area contributed by atoms with E-state index in [4.69, 9.17) is 22.1 Å². The Kier molecular flexibility index (Phi) is 6.20. The molecule has 2 aromatic carbocycles. The monoisotopic (exact) mass is 477 g/mol. The average Bonchev–Trinajstić information content (AvgIpc) is 3.04.